The summed E-state index contributed by atoms with van der Waals surface area (Å²) in [4.78, 5) is 0. The zero-order chi connectivity index (χ0) is 20.6. The van der Waals surface area contributed by atoms with Crippen LogP contribution < -0.4 is 4.74 Å². The Morgan fingerprint density at radius 1 is 0.724 bits per heavy atom. The van der Waals surface area contributed by atoms with Crippen molar-refractivity contribution < 1.29 is 13.5 Å². The molecule has 0 aliphatic heterocycles. The number of rotatable bonds is 3. The maximum atomic E-state index is 14.1. The van der Waals surface area contributed by atoms with Crippen molar-refractivity contribution >= 4 is 0 Å². The van der Waals surface area contributed by atoms with Gasteiger partial charge in [-0.25, -0.2) is 8.78 Å². The summed E-state index contributed by atoms with van der Waals surface area (Å²) in [7, 11) is 1.62. The lowest BCUT2D eigenvalue weighted by Gasteiger charge is -2.02. The van der Waals surface area contributed by atoms with Gasteiger partial charge in [0.05, 0.1) is 12.7 Å². The highest BCUT2D eigenvalue weighted by molar-refractivity contribution is 5.49. The van der Waals surface area contributed by atoms with Crippen LogP contribution in [0, 0.1) is 35.3 Å². The molecule has 1 nitrogen and oxygen atoms in total. The van der Waals surface area contributed by atoms with Gasteiger partial charge in [0.1, 0.15) is 17.4 Å². The summed E-state index contributed by atoms with van der Waals surface area (Å²) in [5, 5.41) is 0. The summed E-state index contributed by atoms with van der Waals surface area (Å²) in [5.41, 5.74) is 2.82. The highest BCUT2D eigenvalue weighted by Gasteiger charge is 2.08. The van der Waals surface area contributed by atoms with Gasteiger partial charge in [0.2, 0.25) is 0 Å². The number of benzene rings is 3. The van der Waals surface area contributed by atoms with Gasteiger partial charge in [0.15, 0.2) is 0 Å². The van der Waals surface area contributed by atoms with Crippen LogP contribution in [0.3, 0.4) is 0 Å². The molecule has 0 amide bonds. The van der Waals surface area contributed by atoms with Gasteiger partial charge in [-0.1, -0.05) is 37.0 Å². The third-order valence-electron chi connectivity index (χ3n) is 4.30. The van der Waals surface area contributed by atoms with E-state index in [0.717, 1.165) is 23.3 Å². The van der Waals surface area contributed by atoms with Gasteiger partial charge >= 0.3 is 0 Å². The molecule has 0 radical (unpaired) electrons. The molecule has 0 N–H and O–H groups in total. The predicted octanol–water partition coefficient (Wildman–Crippen LogP) is 5.73. The summed E-state index contributed by atoms with van der Waals surface area (Å²) < 4.78 is 33.4. The maximum Gasteiger partial charge on any atom is 0.142 e. The Morgan fingerprint density at radius 3 is 1.62 bits per heavy atom. The van der Waals surface area contributed by atoms with E-state index in [2.05, 4.69) is 23.7 Å². The van der Waals surface area contributed by atoms with E-state index < -0.39 is 11.6 Å². The maximum absolute atomic E-state index is 14.1. The van der Waals surface area contributed by atoms with Gasteiger partial charge in [-0.05, 0) is 72.6 Å². The smallest absolute Gasteiger partial charge is 0.142 e. The van der Waals surface area contributed by atoms with Crippen molar-refractivity contribution in [3.8, 4) is 29.4 Å². The van der Waals surface area contributed by atoms with Crippen molar-refractivity contribution in [2.45, 2.75) is 19.8 Å². The molecule has 0 atom stereocenters. The summed E-state index contributed by atoms with van der Waals surface area (Å²) in [5.74, 6) is 11.1. The van der Waals surface area contributed by atoms with Crippen LogP contribution in [0.2, 0.25) is 0 Å². The van der Waals surface area contributed by atoms with E-state index in [9.17, 15) is 8.78 Å². The van der Waals surface area contributed by atoms with E-state index >= 15 is 0 Å². The van der Waals surface area contributed by atoms with Crippen molar-refractivity contribution in [2.75, 3.05) is 7.11 Å². The molecule has 3 heteroatoms. The second-order valence-corrected chi connectivity index (χ2v) is 6.49. The fraction of sp³-hybridized carbons (Fsp3) is 0.154. The molecule has 0 unspecified atom stereocenters. The Labute approximate surface area is 170 Å². The van der Waals surface area contributed by atoms with E-state index in [1.165, 1.54) is 12.1 Å². The molecular weight excluding hydrogens is 366 g/mol. The van der Waals surface area contributed by atoms with Gasteiger partial charge in [0.25, 0.3) is 0 Å². The lowest BCUT2D eigenvalue weighted by molar-refractivity contribution is 0.415. The van der Waals surface area contributed by atoms with E-state index in [1.807, 2.05) is 43.3 Å². The highest BCUT2D eigenvalue weighted by Crippen LogP contribution is 2.16. The van der Waals surface area contributed by atoms with Crippen LogP contribution in [-0.2, 0) is 6.42 Å². The standard InChI is InChI=1S/C26H20F2O/c1-3-4-22-17-25(27)24(26(28)18-22)16-13-20-8-5-19(6-9-20)7-10-21-11-14-23(29-2)15-12-21/h5-6,8-9,11-12,14-15,17-18H,3-4H2,1-2H3. The quantitative estimate of drug-likeness (QED) is 0.523. The molecule has 0 aliphatic carbocycles. The van der Waals surface area contributed by atoms with E-state index in [1.54, 1.807) is 19.2 Å². The van der Waals surface area contributed by atoms with Crippen LogP contribution >= 0.6 is 0 Å². The third-order valence-corrected chi connectivity index (χ3v) is 4.30. The molecule has 0 fully saturated rings. The Morgan fingerprint density at radius 2 is 1.17 bits per heavy atom. The first-order chi connectivity index (χ1) is 14.1. The molecule has 0 aliphatic rings. The summed E-state index contributed by atoms with van der Waals surface area (Å²) >= 11 is 0. The number of ether oxygens (including phenoxy) is 1. The van der Waals surface area contributed by atoms with Crippen LogP contribution in [0.5, 0.6) is 5.75 Å². The molecule has 0 heterocycles. The third kappa shape index (κ3) is 5.47. The number of hydrogen-bond donors (Lipinski definition) is 0. The van der Waals surface area contributed by atoms with Crippen molar-refractivity contribution in [3.63, 3.8) is 0 Å². The van der Waals surface area contributed by atoms with Gasteiger partial charge in [-0.15, -0.1) is 0 Å². The fourth-order valence-electron chi connectivity index (χ4n) is 2.77. The highest BCUT2D eigenvalue weighted by atomic mass is 19.1. The van der Waals surface area contributed by atoms with Crippen LogP contribution in [0.25, 0.3) is 0 Å². The van der Waals surface area contributed by atoms with Crippen LogP contribution in [-0.4, -0.2) is 7.11 Å². The number of halogens is 2. The van der Waals surface area contributed by atoms with E-state index in [-0.39, 0.29) is 5.56 Å². The molecule has 0 saturated carbocycles. The monoisotopic (exact) mass is 386 g/mol. The second kappa shape index (κ2) is 9.58. The van der Waals surface area contributed by atoms with Crippen molar-refractivity contribution in [1.29, 1.82) is 0 Å². The first kappa shape index (κ1) is 20.2. The minimum Gasteiger partial charge on any atom is -0.497 e. The number of aryl methyl sites for hydroxylation is 1. The Balaban J connectivity index is 1.75. The van der Waals surface area contributed by atoms with Gasteiger partial charge < -0.3 is 4.74 Å². The second-order valence-electron chi connectivity index (χ2n) is 6.49. The minimum absolute atomic E-state index is 0.201. The molecule has 3 aromatic carbocycles. The first-order valence-corrected chi connectivity index (χ1v) is 9.35. The SMILES string of the molecule is CCCc1cc(F)c(C#Cc2ccc(C#Cc3ccc(OC)cc3)cc2)c(F)c1. The van der Waals surface area contributed by atoms with Crippen LogP contribution in [0.15, 0.2) is 60.7 Å². The Hall–Kier alpha value is -3.56. The van der Waals surface area contributed by atoms with Crippen LogP contribution in [0.1, 0.15) is 41.2 Å². The Kier molecular flexibility index (Phi) is 6.67. The topological polar surface area (TPSA) is 9.23 Å². The van der Waals surface area contributed by atoms with Gasteiger partial charge in [0, 0.05) is 16.7 Å². The summed E-state index contributed by atoms with van der Waals surface area (Å²) in [6, 6.07) is 17.4. The molecule has 29 heavy (non-hydrogen) atoms. The predicted molar refractivity (Wildman–Crippen MR) is 112 cm³/mol. The largest absolute Gasteiger partial charge is 0.497 e. The molecule has 144 valence electrons. The van der Waals surface area contributed by atoms with Gasteiger partial charge in [-0.2, -0.15) is 0 Å². The molecule has 3 rings (SSSR count). The molecule has 0 aromatic heterocycles. The van der Waals surface area contributed by atoms with E-state index in [4.69, 9.17) is 4.74 Å². The van der Waals surface area contributed by atoms with E-state index in [0.29, 0.717) is 17.5 Å². The van der Waals surface area contributed by atoms with Crippen molar-refractivity contribution in [2.24, 2.45) is 0 Å². The molecule has 3 aromatic rings. The summed E-state index contributed by atoms with van der Waals surface area (Å²) in [6.07, 6.45) is 1.47. The average Bonchev–Trinajstić information content (AvgIpc) is 2.73. The van der Waals surface area contributed by atoms with Crippen molar-refractivity contribution in [1.82, 2.24) is 0 Å². The normalized spacial score (nSPS) is 9.79. The first-order valence-electron chi connectivity index (χ1n) is 9.35. The van der Waals surface area contributed by atoms with Gasteiger partial charge in [-0.3, -0.25) is 0 Å². The fourth-order valence-corrected chi connectivity index (χ4v) is 2.77. The zero-order valence-corrected chi connectivity index (χ0v) is 16.4. The Bertz CT molecular complexity index is 1080. The average molecular weight is 386 g/mol. The zero-order valence-electron chi connectivity index (χ0n) is 16.4. The lowest BCUT2D eigenvalue weighted by Crippen LogP contribution is -1.94. The molecule has 0 spiro atoms. The molecule has 0 saturated heterocycles. The lowest BCUT2D eigenvalue weighted by atomic mass is 10.1. The molecule has 0 bridgehead atoms. The molecular formula is C26H20F2O. The number of hydrogen-bond acceptors (Lipinski definition) is 1. The summed E-state index contributed by atoms with van der Waals surface area (Å²) in [6.45, 7) is 1.97. The van der Waals surface area contributed by atoms with Crippen LogP contribution in [0.4, 0.5) is 8.78 Å². The van der Waals surface area contributed by atoms with Crippen molar-refractivity contribution in [3.05, 3.63) is 100 Å². The minimum atomic E-state index is -0.622. The number of methoxy groups -OCH3 is 1.